The monoisotopic (exact) mass is 393 g/mol. The normalized spacial score (nSPS) is 11.5. The van der Waals surface area contributed by atoms with Crippen molar-refractivity contribution < 1.29 is 17.6 Å². The summed E-state index contributed by atoms with van der Waals surface area (Å²) >= 11 is 0. The second kappa shape index (κ2) is 7.71. The molecule has 0 atom stereocenters. The highest BCUT2D eigenvalue weighted by Gasteiger charge is 2.33. The predicted molar refractivity (Wildman–Crippen MR) is 94.3 cm³/mol. The number of nitrogens with zero attached hydrogens (tertiary/aromatic N) is 5. The highest BCUT2D eigenvalue weighted by Crippen LogP contribution is 2.28. The van der Waals surface area contributed by atoms with E-state index in [1.807, 2.05) is 13.8 Å². The molecule has 3 heterocycles. The maximum atomic E-state index is 13.0. The van der Waals surface area contributed by atoms with Gasteiger partial charge < -0.3 is 10.6 Å². The van der Waals surface area contributed by atoms with E-state index in [0.717, 1.165) is 18.3 Å². The van der Waals surface area contributed by atoms with Gasteiger partial charge in [-0.05, 0) is 32.0 Å². The Kier molecular flexibility index (Phi) is 5.34. The lowest BCUT2D eigenvalue weighted by molar-refractivity contribution is -0.141. The maximum Gasteiger partial charge on any atom is 0.433 e. The van der Waals surface area contributed by atoms with Crippen LogP contribution >= 0.6 is 0 Å². The van der Waals surface area contributed by atoms with Gasteiger partial charge in [0.25, 0.3) is 0 Å². The van der Waals surface area contributed by atoms with Gasteiger partial charge in [0.2, 0.25) is 11.8 Å². The molecule has 0 aliphatic heterocycles. The molecule has 11 heteroatoms. The third-order valence-corrected chi connectivity index (χ3v) is 3.31. The molecule has 0 aliphatic rings. The first kappa shape index (κ1) is 19.4. The number of alkyl halides is 3. The molecular weight excluding hydrogens is 378 g/mol. The van der Waals surface area contributed by atoms with E-state index in [1.165, 1.54) is 12.3 Å². The van der Waals surface area contributed by atoms with Crippen molar-refractivity contribution in [3.8, 4) is 11.6 Å². The van der Waals surface area contributed by atoms with Crippen molar-refractivity contribution >= 4 is 17.3 Å². The van der Waals surface area contributed by atoms with Crippen LogP contribution in [-0.4, -0.2) is 31.0 Å². The molecule has 0 fully saturated rings. The first-order valence-corrected chi connectivity index (χ1v) is 8.15. The molecule has 0 amide bonds. The van der Waals surface area contributed by atoms with Gasteiger partial charge in [0.05, 0.1) is 11.9 Å². The molecule has 7 nitrogen and oxygen atoms in total. The third-order valence-electron chi connectivity index (χ3n) is 3.31. The van der Waals surface area contributed by atoms with Crippen molar-refractivity contribution in [2.75, 3.05) is 10.6 Å². The molecule has 0 radical (unpaired) electrons. The van der Waals surface area contributed by atoms with Crippen molar-refractivity contribution in [1.29, 1.82) is 0 Å². The Balaban J connectivity index is 2.01. The molecule has 3 aromatic rings. The fraction of sp³-hybridized carbons (Fsp3) is 0.235. The summed E-state index contributed by atoms with van der Waals surface area (Å²) in [5.74, 6) is -0.411. The van der Waals surface area contributed by atoms with Crippen LogP contribution in [0.3, 0.4) is 0 Å². The van der Waals surface area contributed by atoms with Gasteiger partial charge in [-0.1, -0.05) is 0 Å². The van der Waals surface area contributed by atoms with Crippen molar-refractivity contribution in [1.82, 2.24) is 24.9 Å². The van der Waals surface area contributed by atoms with Crippen LogP contribution in [0.25, 0.3) is 11.6 Å². The lowest BCUT2D eigenvalue weighted by Gasteiger charge is -2.13. The zero-order chi connectivity index (χ0) is 20.3. The van der Waals surface area contributed by atoms with Crippen molar-refractivity contribution in [2.45, 2.75) is 26.1 Å². The lowest BCUT2D eigenvalue weighted by Crippen LogP contribution is -2.13. The summed E-state index contributed by atoms with van der Waals surface area (Å²) in [6, 6.07) is 4.93. The SMILES string of the molecule is CC(C)Nc1cc(Nc2ccc(F)nc2)nc(-c2nccc(C(F)(F)F)n2)n1. The molecule has 146 valence electrons. The van der Waals surface area contributed by atoms with Gasteiger partial charge in [-0.3, -0.25) is 0 Å². The summed E-state index contributed by atoms with van der Waals surface area (Å²) in [5, 5.41) is 5.95. The third kappa shape index (κ3) is 4.87. The van der Waals surface area contributed by atoms with Crippen molar-refractivity contribution in [2.24, 2.45) is 0 Å². The van der Waals surface area contributed by atoms with Crippen LogP contribution in [0.1, 0.15) is 19.5 Å². The van der Waals surface area contributed by atoms with Crippen LogP contribution in [0.15, 0.2) is 36.7 Å². The topological polar surface area (TPSA) is 88.5 Å². The fourth-order valence-corrected chi connectivity index (χ4v) is 2.20. The number of pyridine rings is 1. The minimum Gasteiger partial charge on any atom is -0.368 e. The lowest BCUT2D eigenvalue weighted by atomic mass is 10.3. The molecule has 0 unspecified atom stereocenters. The van der Waals surface area contributed by atoms with E-state index in [1.54, 1.807) is 6.07 Å². The molecule has 0 aliphatic carbocycles. The molecule has 0 bridgehead atoms. The second-order valence-corrected chi connectivity index (χ2v) is 6.02. The second-order valence-electron chi connectivity index (χ2n) is 6.02. The first-order chi connectivity index (χ1) is 13.2. The standard InChI is InChI=1S/C17H15F4N7/c1-9(2)24-13-7-14(25-10-3-4-12(18)23-8-10)28-16(27-13)15-22-6-5-11(26-15)17(19,20)21/h3-9H,1-2H3,(H2,24,25,27,28). The number of rotatable bonds is 5. The Labute approximate surface area is 157 Å². The maximum absolute atomic E-state index is 13.0. The van der Waals surface area contributed by atoms with E-state index in [-0.39, 0.29) is 23.5 Å². The summed E-state index contributed by atoms with van der Waals surface area (Å²) in [6.45, 7) is 3.75. The Morgan fingerprint density at radius 3 is 2.32 bits per heavy atom. The smallest absolute Gasteiger partial charge is 0.368 e. The molecule has 0 saturated carbocycles. The molecule has 0 spiro atoms. The van der Waals surface area contributed by atoms with Crippen LogP contribution in [0, 0.1) is 5.95 Å². The summed E-state index contributed by atoms with van der Waals surface area (Å²) in [6.07, 6.45) is -2.37. The minimum absolute atomic E-state index is 0.00511. The summed E-state index contributed by atoms with van der Waals surface area (Å²) in [7, 11) is 0. The quantitative estimate of drug-likeness (QED) is 0.499. The Hall–Kier alpha value is -3.37. The molecule has 2 N–H and O–H groups in total. The van der Waals surface area contributed by atoms with E-state index >= 15 is 0 Å². The van der Waals surface area contributed by atoms with Crippen molar-refractivity contribution in [3.63, 3.8) is 0 Å². The number of halogens is 4. The van der Waals surface area contributed by atoms with Crippen LogP contribution in [0.4, 0.5) is 34.9 Å². The number of nitrogens with one attached hydrogen (secondary N) is 2. The van der Waals surface area contributed by atoms with Gasteiger partial charge >= 0.3 is 6.18 Å². The van der Waals surface area contributed by atoms with Gasteiger partial charge in [0.15, 0.2) is 5.82 Å². The fourth-order valence-electron chi connectivity index (χ4n) is 2.20. The highest BCUT2D eigenvalue weighted by atomic mass is 19.4. The van der Waals surface area contributed by atoms with Gasteiger partial charge in [0.1, 0.15) is 17.3 Å². The van der Waals surface area contributed by atoms with Gasteiger partial charge in [0, 0.05) is 18.3 Å². The molecule has 3 aromatic heterocycles. The summed E-state index contributed by atoms with van der Waals surface area (Å²) in [4.78, 5) is 19.3. The van der Waals surface area contributed by atoms with Crippen LogP contribution < -0.4 is 10.6 Å². The Morgan fingerprint density at radius 1 is 0.929 bits per heavy atom. The van der Waals surface area contributed by atoms with Gasteiger partial charge in [-0.15, -0.1) is 0 Å². The van der Waals surface area contributed by atoms with E-state index in [9.17, 15) is 17.6 Å². The van der Waals surface area contributed by atoms with E-state index < -0.39 is 17.8 Å². The van der Waals surface area contributed by atoms with E-state index in [4.69, 9.17) is 0 Å². The summed E-state index contributed by atoms with van der Waals surface area (Å²) in [5.41, 5.74) is -0.660. The molecular formula is C17H15F4N7. The van der Waals surface area contributed by atoms with Gasteiger partial charge in [-0.25, -0.2) is 24.9 Å². The molecule has 0 aromatic carbocycles. The van der Waals surface area contributed by atoms with Crippen LogP contribution in [0.5, 0.6) is 0 Å². The number of aromatic nitrogens is 5. The molecule has 28 heavy (non-hydrogen) atoms. The minimum atomic E-state index is -4.62. The van der Waals surface area contributed by atoms with Gasteiger partial charge in [-0.2, -0.15) is 17.6 Å². The first-order valence-electron chi connectivity index (χ1n) is 8.15. The zero-order valence-corrected chi connectivity index (χ0v) is 14.8. The molecule has 0 saturated heterocycles. The van der Waals surface area contributed by atoms with Crippen molar-refractivity contribution in [3.05, 3.63) is 48.3 Å². The number of hydrogen-bond donors (Lipinski definition) is 2. The Bertz CT molecular complexity index is 958. The molecule has 3 rings (SSSR count). The highest BCUT2D eigenvalue weighted by molar-refractivity contribution is 5.62. The average Bonchev–Trinajstić information content (AvgIpc) is 2.62. The van der Waals surface area contributed by atoms with Crippen LogP contribution in [0.2, 0.25) is 0 Å². The van der Waals surface area contributed by atoms with E-state index in [2.05, 4.69) is 35.6 Å². The van der Waals surface area contributed by atoms with Crippen LogP contribution in [-0.2, 0) is 6.18 Å². The Morgan fingerprint density at radius 2 is 1.68 bits per heavy atom. The van der Waals surface area contributed by atoms with E-state index in [0.29, 0.717) is 11.5 Å². The number of anilines is 3. The zero-order valence-electron chi connectivity index (χ0n) is 14.8. The number of hydrogen-bond acceptors (Lipinski definition) is 7. The largest absolute Gasteiger partial charge is 0.433 e. The predicted octanol–water partition coefficient (Wildman–Crippen LogP) is 4.05. The average molecular weight is 393 g/mol. The summed E-state index contributed by atoms with van der Waals surface area (Å²) < 4.78 is 51.8.